The fourth-order valence-corrected chi connectivity index (χ4v) is 4.68. The van der Waals surface area contributed by atoms with Gasteiger partial charge in [-0.1, -0.05) is 19.3 Å². The molecule has 0 bridgehead atoms. The molecule has 27 heavy (non-hydrogen) atoms. The van der Waals surface area contributed by atoms with Crippen molar-refractivity contribution in [2.75, 3.05) is 18.0 Å². The van der Waals surface area contributed by atoms with Crippen LogP contribution < -0.4 is 10.2 Å². The molecule has 1 aromatic rings. The first-order chi connectivity index (χ1) is 13.0. The summed E-state index contributed by atoms with van der Waals surface area (Å²) in [6, 6.07) is 5.95. The van der Waals surface area contributed by atoms with Crippen LogP contribution in [-0.4, -0.2) is 41.5 Å². The van der Waals surface area contributed by atoms with Gasteiger partial charge in [-0.05, 0) is 43.9 Å². The Hall–Kier alpha value is -2.62. The van der Waals surface area contributed by atoms with Crippen molar-refractivity contribution >= 4 is 17.6 Å². The SMILES string of the molecule is N#Cc1ccc(N2CCCC3(C2)NC(=O)N(C2CCCCC2)C3=O)c(F)c1. The smallest absolute Gasteiger partial charge is 0.325 e. The highest BCUT2D eigenvalue weighted by atomic mass is 19.1. The second-order valence-electron chi connectivity index (χ2n) is 7.78. The van der Waals surface area contributed by atoms with Gasteiger partial charge < -0.3 is 10.2 Å². The molecule has 0 aromatic heterocycles. The number of benzene rings is 1. The topological polar surface area (TPSA) is 76.4 Å². The Labute approximate surface area is 157 Å². The van der Waals surface area contributed by atoms with Crippen molar-refractivity contribution in [2.24, 2.45) is 0 Å². The molecule has 1 N–H and O–H groups in total. The van der Waals surface area contributed by atoms with Gasteiger partial charge in [0.05, 0.1) is 23.9 Å². The highest BCUT2D eigenvalue weighted by Gasteiger charge is 2.54. The maximum atomic E-state index is 14.5. The molecule has 1 saturated carbocycles. The van der Waals surface area contributed by atoms with Crippen LogP contribution in [0.4, 0.5) is 14.9 Å². The van der Waals surface area contributed by atoms with E-state index in [0.717, 1.165) is 32.1 Å². The summed E-state index contributed by atoms with van der Waals surface area (Å²) in [5.41, 5.74) is -0.351. The molecular formula is C20H23FN4O2. The standard InChI is InChI=1S/C20H23FN4O2/c21-16-11-14(12-22)7-8-17(16)24-10-4-9-20(13-24)18(26)25(19(27)23-20)15-5-2-1-3-6-15/h7-8,11,15H,1-6,9-10,13H2,(H,23,27). The van der Waals surface area contributed by atoms with Crippen molar-refractivity contribution in [1.82, 2.24) is 10.2 Å². The van der Waals surface area contributed by atoms with Crippen molar-refractivity contribution in [3.63, 3.8) is 0 Å². The van der Waals surface area contributed by atoms with Gasteiger partial charge in [-0.3, -0.25) is 9.69 Å². The Bertz CT molecular complexity index is 815. The molecule has 3 aliphatic rings. The number of nitrogens with one attached hydrogen (secondary N) is 1. The summed E-state index contributed by atoms with van der Waals surface area (Å²) in [5, 5.41) is 11.8. The van der Waals surface area contributed by atoms with Crippen molar-refractivity contribution in [3.8, 4) is 6.07 Å². The molecule has 4 rings (SSSR count). The van der Waals surface area contributed by atoms with E-state index in [4.69, 9.17) is 5.26 Å². The largest absolute Gasteiger partial charge is 0.366 e. The molecular weight excluding hydrogens is 347 g/mol. The van der Waals surface area contributed by atoms with Gasteiger partial charge in [0.15, 0.2) is 0 Å². The lowest BCUT2D eigenvalue weighted by atomic mass is 9.87. The summed E-state index contributed by atoms with van der Waals surface area (Å²) < 4.78 is 14.5. The van der Waals surface area contributed by atoms with E-state index in [1.54, 1.807) is 12.1 Å². The molecule has 3 amide bonds. The monoisotopic (exact) mass is 370 g/mol. The van der Waals surface area contributed by atoms with Crippen molar-refractivity contribution in [3.05, 3.63) is 29.6 Å². The minimum absolute atomic E-state index is 0.0207. The Morgan fingerprint density at radius 3 is 2.67 bits per heavy atom. The zero-order valence-electron chi connectivity index (χ0n) is 15.2. The molecule has 0 radical (unpaired) electrons. The first kappa shape index (κ1) is 17.8. The zero-order chi connectivity index (χ0) is 19.0. The Kier molecular flexibility index (Phi) is 4.50. The third kappa shape index (κ3) is 3.03. The Morgan fingerprint density at radius 2 is 1.96 bits per heavy atom. The van der Waals surface area contributed by atoms with Gasteiger partial charge in [0.25, 0.3) is 5.91 Å². The highest BCUT2D eigenvalue weighted by molar-refractivity contribution is 6.08. The highest BCUT2D eigenvalue weighted by Crippen LogP contribution is 2.35. The number of piperidine rings is 1. The normalized spacial score (nSPS) is 26.4. The van der Waals surface area contributed by atoms with Crippen LogP contribution in [-0.2, 0) is 4.79 Å². The number of amides is 3. The van der Waals surface area contributed by atoms with Crippen LogP contribution >= 0.6 is 0 Å². The van der Waals surface area contributed by atoms with E-state index in [1.165, 1.54) is 11.0 Å². The fourth-order valence-electron chi connectivity index (χ4n) is 4.68. The first-order valence-electron chi connectivity index (χ1n) is 9.64. The predicted octanol–water partition coefficient (Wildman–Crippen LogP) is 2.92. The molecule has 1 spiro atoms. The van der Waals surface area contributed by atoms with Crippen LogP contribution in [0.2, 0.25) is 0 Å². The number of halogens is 1. The lowest BCUT2D eigenvalue weighted by molar-refractivity contribution is -0.133. The van der Waals surface area contributed by atoms with E-state index in [0.29, 0.717) is 25.1 Å². The molecule has 3 fully saturated rings. The number of urea groups is 1. The number of carbonyl (C=O) groups is 2. The van der Waals surface area contributed by atoms with E-state index >= 15 is 0 Å². The number of imide groups is 1. The molecule has 1 aliphatic carbocycles. The number of rotatable bonds is 2. The molecule has 2 saturated heterocycles. The summed E-state index contributed by atoms with van der Waals surface area (Å²) in [7, 11) is 0. The number of hydrogen-bond acceptors (Lipinski definition) is 4. The van der Waals surface area contributed by atoms with E-state index in [-0.39, 0.29) is 30.1 Å². The number of anilines is 1. The summed E-state index contributed by atoms with van der Waals surface area (Å²) in [5.74, 6) is -0.648. The second kappa shape index (κ2) is 6.84. The average Bonchev–Trinajstić information content (AvgIpc) is 2.91. The summed E-state index contributed by atoms with van der Waals surface area (Å²) >= 11 is 0. The molecule has 142 valence electrons. The lowest BCUT2D eigenvalue weighted by Gasteiger charge is -2.40. The number of carbonyl (C=O) groups excluding carboxylic acids is 2. The predicted molar refractivity (Wildman–Crippen MR) is 97.5 cm³/mol. The van der Waals surface area contributed by atoms with E-state index in [1.807, 2.05) is 11.0 Å². The molecule has 2 heterocycles. The van der Waals surface area contributed by atoms with E-state index in [2.05, 4.69) is 5.32 Å². The molecule has 6 nitrogen and oxygen atoms in total. The van der Waals surface area contributed by atoms with E-state index < -0.39 is 11.4 Å². The number of nitriles is 1. The van der Waals surface area contributed by atoms with Crippen molar-refractivity contribution < 1.29 is 14.0 Å². The molecule has 7 heteroatoms. The minimum Gasteiger partial charge on any atom is -0.366 e. The number of nitrogens with zero attached hydrogens (tertiary/aromatic N) is 3. The van der Waals surface area contributed by atoms with Gasteiger partial charge in [-0.15, -0.1) is 0 Å². The molecule has 1 unspecified atom stereocenters. The van der Waals surface area contributed by atoms with Gasteiger partial charge in [-0.2, -0.15) is 5.26 Å². The summed E-state index contributed by atoms with van der Waals surface area (Å²) in [4.78, 5) is 29.1. The van der Waals surface area contributed by atoms with Gasteiger partial charge >= 0.3 is 6.03 Å². The second-order valence-corrected chi connectivity index (χ2v) is 7.78. The van der Waals surface area contributed by atoms with Crippen molar-refractivity contribution in [2.45, 2.75) is 56.5 Å². The number of hydrogen-bond donors (Lipinski definition) is 1. The van der Waals surface area contributed by atoms with Gasteiger partial charge in [0.2, 0.25) is 0 Å². The average molecular weight is 370 g/mol. The Morgan fingerprint density at radius 1 is 1.19 bits per heavy atom. The molecule has 2 aliphatic heterocycles. The van der Waals surface area contributed by atoms with Crippen LogP contribution in [0.1, 0.15) is 50.5 Å². The maximum Gasteiger partial charge on any atom is 0.325 e. The third-order valence-electron chi connectivity index (χ3n) is 6.04. The quantitative estimate of drug-likeness (QED) is 0.812. The van der Waals surface area contributed by atoms with Gasteiger partial charge in [0, 0.05) is 12.6 Å². The fraction of sp³-hybridized carbons (Fsp3) is 0.550. The lowest BCUT2D eigenvalue weighted by Crippen LogP contribution is -2.59. The van der Waals surface area contributed by atoms with E-state index in [9.17, 15) is 14.0 Å². The summed E-state index contributed by atoms with van der Waals surface area (Å²) in [6.45, 7) is 0.862. The molecule has 1 atom stereocenters. The van der Waals surface area contributed by atoms with Crippen LogP contribution in [0.3, 0.4) is 0 Å². The minimum atomic E-state index is -0.979. The zero-order valence-corrected chi connectivity index (χ0v) is 15.2. The van der Waals surface area contributed by atoms with Crippen molar-refractivity contribution in [1.29, 1.82) is 5.26 Å². The van der Waals surface area contributed by atoms with Gasteiger partial charge in [0.1, 0.15) is 11.4 Å². The maximum absolute atomic E-state index is 14.5. The van der Waals surface area contributed by atoms with Crippen LogP contribution in [0.15, 0.2) is 18.2 Å². The Balaban J connectivity index is 1.58. The van der Waals surface area contributed by atoms with Crippen LogP contribution in [0.25, 0.3) is 0 Å². The van der Waals surface area contributed by atoms with Crippen LogP contribution in [0.5, 0.6) is 0 Å². The summed E-state index contributed by atoms with van der Waals surface area (Å²) in [6.07, 6.45) is 6.21. The third-order valence-corrected chi connectivity index (χ3v) is 6.04. The molecule has 1 aromatic carbocycles. The van der Waals surface area contributed by atoms with Gasteiger partial charge in [-0.25, -0.2) is 9.18 Å². The van der Waals surface area contributed by atoms with Crippen LogP contribution in [0, 0.1) is 17.1 Å². The first-order valence-corrected chi connectivity index (χ1v) is 9.64.